The summed E-state index contributed by atoms with van der Waals surface area (Å²) in [5.41, 5.74) is 5.02. The van der Waals surface area contributed by atoms with Gasteiger partial charge in [-0.2, -0.15) is 5.26 Å². The van der Waals surface area contributed by atoms with Crippen molar-refractivity contribution in [3.63, 3.8) is 0 Å². The lowest BCUT2D eigenvalue weighted by Crippen LogP contribution is -2.46. The molecule has 0 radical (unpaired) electrons. The molecule has 126 valence electrons. The van der Waals surface area contributed by atoms with E-state index in [2.05, 4.69) is 51.8 Å². The highest BCUT2D eigenvalue weighted by molar-refractivity contribution is 7.13. The Hall–Kier alpha value is -2.65. The zero-order valence-corrected chi connectivity index (χ0v) is 15.2. The number of anilines is 2. The molecule has 0 spiro atoms. The third kappa shape index (κ3) is 2.81. The van der Waals surface area contributed by atoms with Gasteiger partial charge in [0.25, 0.3) is 0 Å². The molecule has 25 heavy (non-hydrogen) atoms. The average Bonchev–Trinajstić information content (AvgIpc) is 3.15. The van der Waals surface area contributed by atoms with Gasteiger partial charge in [0, 0.05) is 49.3 Å². The number of aromatic nitrogens is 2. The van der Waals surface area contributed by atoms with Gasteiger partial charge in [0.2, 0.25) is 0 Å². The van der Waals surface area contributed by atoms with Gasteiger partial charge in [0.15, 0.2) is 5.13 Å². The van der Waals surface area contributed by atoms with E-state index in [0.717, 1.165) is 53.5 Å². The molecule has 1 fully saturated rings. The first-order valence-electron chi connectivity index (χ1n) is 8.37. The molecule has 1 aromatic carbocycles. The van der Waals surface area contributed by atoms with E-state index in [0.29, 0.717) is 5.56 Å². The number of thiazole rings is 1. The van der Waals surface area contributed by atoms with Gasteiger partial charge >= 0.3 is 0 Å². The van der Waals surface area contributed by atoms with Crippen molar-refractivity contribution in [2.24, 2.45) is 0 Å². The largest absolute Gasteiger partial charge is 0.366 e. The number of nitrogens with zero attached hydrogens (tertiary/aromatic N) is 5. The van der Waals surface area contributed by atoms with Crippen LogP contribution in [-0.2, 0) is 0 Å². The molecule has 3 heterocycles. The maximum atomic E-state index is 9.61. The van der Waals surface area contributed by atoms with Crippen LogP contribution in [0.25, 0.3) is 10.9 Å². The van der Waals surface area contributed by atoms with Crippen molar-refractivity contribution in [1.29, 1.82) is 5.26 Å². The number of pyridine rings is 1. The van der Waals surface area contributed by atoms with Crippen molar-refractivity contribution in [1.82, 2.24) is 9.97 Å². The molecular weight excluding hydrogens is 330 g/mol. The highest BCUT2D eigenvalue weighted by atomic mass is 32.1. The zero-order chi connectivity index (χ0) is 17.4. The summed E-state index contributed by atoms with van der Waals surface area (Å²) < 4.78 is 0. The molecule has 5 nitrogen and oxygen atoms in total. The zero-order valence-electron chi connectivity index (χ0n) is 14.4. The number of aryl methyl sites for hydroxylation is 2. The van der Waals surface area contributed by atoms with Gasteiger partial charge in [-0.1, -0.05) is 11.6 Å². The molecule has 0 saturated carbocycles. The second kappa shape index (κ2) is 6.34. The molecule has 0 unspecified atom stereocenters. The van der Waals surface area contributed by atoms with E-state index in [9.17, 15) is 5.26 Å². The van der Waals surface area contributed by atoms with Crippen LogP contribution in [0.2, 0.25) is 0 Å². The minimum Gasteiger partial charge on any atom is -0.366 e. The van der Waals surface area contributed by atoms with Crippen molar-refractivity contribution < 1.29 is 0 Å². The predicted molar refractivity (Wildman–Crippen MR) is 102 cm³/mol. The Morgan fingerprint density at radius 1 is 1.08 bits per heavy atom. The molecule has 2 aromatic heterocycles. The van der Waals surface area contributed by atoms with Crippen LogP contribution in [0.1, 0.15) is 16.7 Å². The molecule has 0 aliphatic carbocycles. The molecule has 0 atom stereocenters. The monoisotopic (exact) mass is 349 g/mol. The highest BCUT2D eigenvalue weighted by Gasteiger charge is 2.23. The lowest BCUT2D eigenvalue weighted by Gasteiger charge is -2.36. The quantitative estimate of drug-likeness (QED) is 0.709. The van der Waals surface area contributed by atoms with Gasteiger partial charge in [0.05, 0.1) is 16.8 Å². The topological polar surface area (TPSA) is 56.1 Å². The number of hydrogen-bond acceptors (Lipinski definition) is 6. The van der Waals surface area contributed by atoms with Gasteiger partial charge in [-0.15, -0.1) is 11.3 Å². The van der Waals surface area contributed by atoms with E-state index in [-0.39, 0.29) is 0 Å². The van der Waals surface area contributed by atoms with Crippen LogP contribution < -0.4 is 9.80 Å². The van der Waals surface area contributed by atoms with E-state index >= 15 is 0 Å². The average molecular weight is 349 g/mol. The summed E-state index contributed by atoms with van der Waals surface area (Å²) in [6.45, 7) is 7.74. The molecule has 1 aliphatic rings. The van der Waals surface area contributed by atoms with Gasteiger partial charge in [-0.05, 0) is 25.5 Å². The first kappa shape index (κ1) is 15.9. The first-order valence-corrected chi connectivity index (χ1v) is 9.25. The van der Waals surface area contributed by atoms with Gasteiger partial charge in [-0.3, -0.25) is 4.98 Å². The number of nitriles is 1. The Morgan fingerprint density at radius 3 is 2.52 bits per heavy atom. The van der Waals surface area contributed by atoms with Crippen molar-refractivity contribution in [2.45, 2.75) is 13.8 Å². The van der Waals surface area contributed by atoms with E-state index in [1.807, 2.05) is 11.6 Å². The summed E-state index contributed by atoms with van der Waals surface area (Å²) in [6.07, 6.45) is 3.56. The lowest BCUT2D eigenvalue weighted by molar-refractivity contribution is 0.653. The summed E-state index contributed by atoms with van der Waals surface area (Å²) in [5, 5.41) is 13.8. The molecule has 6 heteroatoms. The van der Waals surface area contributed by atoms with Crippen LogP contribution in [0.4, 0.5) is 10.8 Å². The second-order valence-electron chi connectivity index (χ2n) is 6.40. The third-order valence-electron chi connectivity index (χ3n) is 4.68. The van der Waals surface area contributed by atoms with Crippen LogP contribution in [0.5, 0.6) is 0 Å². The Kier molecular flexibility index (Phi) is 4.02. The highest BCUT2D eigenvalue weighted by Crippen LogP contribution is 2.33. The van der Waals surface area contributed by atoms with Crippen LogP contribution in [0.15, 0.2) is 29.9 Å². The van der Waals surface area contributed by atoms with Gasteiger partial charge in [-0.25, -0.2) is 4.98 Å². The molecule has 0 bridgehead atoms. The van der Waals surface area contributed by atoms with Crippen LogP contribution in [-0.4, -0.2) is 36.1 Å². The molecule has 0 N–H and O–H groups in total. The summed E-state index contributed by atoms with van der Waals surface area (Å²) >= 11 is 1.67. The molecular formula is C19H19N5S. The second-order valence-corrected chi connectivity index (χ2v) is 7.27. The molecule has 1 saturated heterocycles. The maximum absolute atomic E-state index is 9.61. The van der Waals surface area contributed by atoms with Crippen molar-refractivity contribution in [3.8, 4) is 6.07 Å². The van der Waals surface area contributed by atoms with Crippen LogP contribution in [0, 0.1) is 25.2 Å². The van der Waals surface area contributed by atoms with Crippen molar-refractivity contribution in [2.75, 3.05) is 36.0 Å². The van der Waals surface area contributed by atoms with Gasteiger partial charge < -0.3 is 9.80 Å². The maximum Gasteiger partial charge on any atom is 0.185 e. The van der Waals surface area contributed by atoms with E-state index in [1.54, 1.807) is 17.5 Å². The van der Waals surface area contributed by atoms with E-state index in [1.165, 1.54) is 5.56 Å². The fourth-order valence-electron chi connectivity index (χ4n) is 3.56. The minimum absolute atomic E-state index is 0.653. The normalized spacial score (nSPS) is 14.8. The third-order valence-corrected chi connectivity index (χ3v) is 5.52. The Morgan fingerprint density at radius 2 is 1.84 bits per heavy atom. The summed E-state index contributed by atoms with van der Waals surface area (Å²) in [7, 11) is 0. The molecule has 4 rings (SSSR count). The smallest absolute Gasteiger partial charge is 0.185 e. The van der Waals surface area contributed by atoms with Gasteiger partial charge in [0.1, 0.15) is 6.07 Å². The Bertz CT molecular complexity index is 950. The van der Waals surface area contributed by atoms with Crippen molar-refractivity contribution >= 4 is 33.1 Å². The predicted octanol–water partition coefficient (Wildman–Crippen LogP) is 3.51. The fraction of sp³-hybridized carbons (Fsp3) is 0.316. The minimum atomic E-state index is 0.653. The lowest BCUT2D eigenvalue weighted by atomic mass is 10.0. The fourth-order valence-corrected chi connectivity index (χ4v) is 4.26. The van der Waals surface area contributed by atoms with Crippen LogP contribution in [0.3, 0.4) is 0 Å². The first-order chi connectivity index (χ1) is 12.2. The Balaban J connectivity index is 1.73. The summed E-state index contributed by atoms with van der Waals surface area (Å²) in [5.74, 6) is 0. The van der Waals surface area contributed by atoms with E-state index < -0.39 is 0 Å². The number of fused-ring (bicyclic) bond motifs is 1. The molecule has 1 aliphatic heterocycles. The Labute approximate surface area is 151 Å². The van der Waals surface area contributed by atoms with E-state index in [4.69, 9.17) is 0 Å². The standard InChI is InChI=1S/C19H19N5S/c1-13-9-14(2)17-16(10-13)18(15(11-20)12-22-17)23-4-6-24(7-5-23)19-21-3-8-25-19/h3,8-10,12H,4-7H2,1-2H3. The number of piperazine rings is 1. The molecule has 0 amide bonds. The summed E-state index contributed by atoms with van der Waals surface area (Å²) in [6, 6.07) is 6.63. The molecule has 3 aromatic rings. The number of benzene rings is 1. The number of rotatable bonds is 2. The van der Waals surface area contributed by atoms with Crippen molar-refractivity contribution in [3.05, 3.63) is 46.6 Å². The summed E-state index contributed by atoms with van der Waals surface area (Å²) in [4.78, 5) is 13.6. The number of hydrogen-bond donors (Lipinski definition) is 0. The SMILES string of the molecule is Cc1cc(C)c2ncc(C#N)c(N3CCN(c4nccs4)CC3)c2c1. The van der Waals surface area contributed by atoms with Crippen LogP contribution >= 0.6 is 11.3 Å².